The Bertz CT molecular complexity index is 430. The van der Waals surface area contributed by atoms with Gasteiger partial charge in [0.15, 0.2) is 0 Å². The molecule has 1 aromatic carbocycles. The van der Waals surface area contributed by atoms with Crippen LogP contribution in [0.4, 0.5) is 0 Å². The van der Waals surface area contributed by atoms with Crippen molar-refractivity contribution in [2.45, 2.75) is 40.3 Å². The molecule has 0 N–H and O–H groups in total. The molecule has 0 fully saturated rings. The molecule has 0 aromatic heterocycles. The Morgan fingerprint density at radius 2 is 1.90 bits per heavy atom. The van der Waals surface area contributed by atoms with E-state index >= 15 is 0 Å². The molecule has 0 radical (unpaired) electrons. The topological polar surface area (TPSA) is 23.6 Å². The number of hydrogen-bond donors (Lipinski definition) is 0. The fraction of sp³-hybridized carbons (Fsp3) is 0.562. The van der Waals surface area contributed by atoms with E-state index in [2.05, 4.69) is 18.7 Å². The van der Waals surface area contributed by atoms with E-state index in [1.807, 2.05) is 43.0 Å². The fourth-order valence-corrected chi connectivity index (χ4v) is 2.35. The monoisotopic (exact) mass is 296 g/mol. The van der Waals surface area contributed by atoms with Gasteiger partial charge in [-0.05, 0) is 45.4 Å². The summed E-state index contributed by atoms with van der Waals surface area (Å²) in [5.41, 5.74) is 1.14. The van der Waals surface area contributed by atoms with Gasteiger partial charge in [-0.1, -0.05) is 23.7 Å². The van der Waals surface area contributed by atoms with Crippen molar-refractivity contribution >= 4 is 17.5 Å². The normalized spacial score (nSPS) is 11.2. The van der Waals surface area contributed by atoms with Crippen molar-refractivity contribution in [3.63, 3.8) is 0 Å². The number of hydrogen-bond acceptors (Lipinski definition) is 2. The van der Waals surface area contributed by atoms with Gasteiger partial charge in [0.05, 0.1) is 6.54 Å². The van der Waals surface area contributed by atoms with Gasteiger partial charge >= 0.3 is 0 Å². The number of carbonyl (C=O) groups is 1. The summed E-state index contributed by atoms with van der Waals surface area (Å²) in [6.07, 6.45) is 0. The van der Waals surface area contributed by atoms with Crippen LogP contribution in [0.15, 0.2) is 24.3 Å². The molecule has 0 aliphatic rings. The van der Waals surface area contributed by atoms with Crippen LogP contribution < -0.4 is 0 Å². The number of halogens is 1. The predicted octanol–water partition coefficient (Wildman–Crippen LogP) is 3.42. The molecule has 20 heavy (non-hydrogen) atoms. The summed E-state index contributed by atoms with van der Waals surface area (Å²) in [6, 6.07) is 8.13. The minimum absolute atomic E-state index is 0.186. The van der Waals surface area contributed by atoms with Gasteiger partial charge in [0, 0.05) is 30.7 Å². The van der Waals surface area contributed by atoms with E-state index in [0.29, 0.717) is 12.6 Å². The van der Waals surface area contributed by atoms with Crippen LogP contribution in [0.3, 0.4) is 0 Å². The van der Waals surface area contributed by atoms with Crippen LogP contribution in [-0.2, 0) is 11.3 Å². The van der Waals surface area contributed by atoms with E-state index in [9.17, 15) is 4.79 Å². The highest BCUT2D eigenvalue weighted by Crippen LogP contribution is 2.14. The first-order valence-electron chi connectivity index (χ1n) is 7.24. The third-order valence-corrected chi connectivity index (χ3v) is 3.69. The number of nitrogens with zero attached hydrogens (tertiary/aromatic N) is 2. The van der Waals surface area contributed by atoms with Crippen molar-refractivity contribution in [2.24, 2.45) is 0 Å². The van der Waals surface area contributed by atoms with Gasteiger partial charge < -0.3 is 4.90 Å². The summed E-state index contributed by atoms with van der Waals surface area (Å²) >= 11 is 6.02. The van der Waals surface area contributed by atoms with E-state index in [1.165, 1.54) is 0 Å². The summed E-state index contributed by atoms with van der Waals surface area (Å²) < 4.78 is 0. The van der Waals surface area contributed by atoms with Crippen LogP contribution in [0.5, 0.6) is 0 Å². The first kappa shape index (κ1) is 17.0. The van der Waals surface area contributed by atoms with Gasteiger partial charge in [0.25, 0.3) is 0 Å². The van der Waals surface area contributed by atoms with Gasteiger partial charge in [0.2, 0.25) is 5.91 Å². The third-order valence-electron chi connectivity index (χ3n) is 3.46. The third kappa shape index (κ3) is 5.14. The summed E-state index contributed by atoms with van der Waals surface area (Å²) in [6.45, 7) is 11.0. The number of benzene rings is 1. The first-order chi connectivity index (χ1) is 9.47. The van der Waals surface area contributed by atoms with Crippen molar-refractivity contribution in [1.82, 2.24) is 9.80 Å². The molecular weight excluding hydrogens is 272 g/mol. The highest BCUT2D eigenvalue weighted by atomic mass is 35.5. The second kappa shape index (κ2) is 8.28. The van der Waals surface area contributed by atoms with Crippen LogP contribution in [0.2, 0.25) is 5.02 Å². The molecule has 0 heterocycles. The molecule has 3 nitrogen and oxygen atoms in total. The Hall–Kier alpha value is -1.06. The zero-order chi connectivity index (χ0) is 15.1. The molecule has 0 aliphatic heterocycles. The molecule has 4 heteroatoms. The van der Waals surface area contributed by atoms with Crippen LogP contribution in [-0.4, -0.2) is 41.4 Å². The Morgan fingerprint density at radius 1 is 1.25 bits per heavy atom. The van der Waals surface area contributed by atoms with Crippen molar-refractivity contribution in [1.29, 1.82) is 0 Å². The molecule has 0 spiro atoms. The number of rotatable bonds is 7. The SMILES string of the molecule is CCN(CC)C(=O)CN(Cc1cccc(Cl)c1)C(C)C. The average Bonchev–Trinajstić information content (AvgIpc) is 2.39. The molecular formula is C16H25ClN2O. The predicted molar refractivity (Wildman–Crippen MR) is 84.9 cm³/mol. The molecule has 0 aliphatic carbocycles. The van der Waals surface area contributed by atoms with E-state index < -0.39 is 0 Å². The van der Waals surface area contributed by atoms with Crippen molar-refractivity contribution < 1.29 is 4.79 Å². The lowest BCUT2D eigenvalue weighted by atomic mass is 10.2. The molecule has 0 bridgehead atoms. The smallest absolute Gasteiger partial charge is 0.236 e. The van der Waals surface area contributed by atoms with Crippen molar-refractivity contribution in [2.75, 3.05) is 19.6 Å². The van der Waals surface area contributed by atoms with Crippen molar-refractivity contribution in [3.05, 3.63) is 34.9 Å². The van der Waals surface area contributed by atoms with Crippen LogP contribution in [0, 0.1) is 0 Å². The lowest BCUT2D eigenvalue weighted by Gasteiger charge is -2.29. The second-order valence-electron chi connectivity index (χ2n) is 5.19. The van der Waals surface area contributed by atoms with Crippen LogP contribution in [0.25, 0.3) is 0 Å². The van der Waals surface area contributed by atoms with Crippen LogP contribution in [0.1, 0.15) is 33.3 Å². The summed E-state index contributed by atoms with van der Waals surface area (Å²) in [5.74, 6) is 0.186. The van der Waals surface area contributed by atoms with E-state index in [-0.39, 0.29) is 5.91 Å². The zero-order valence-corrected chi connectivity index (χ0v) is 13.7. The van der Waals surface area contributed by atoms with E-state index in [1.54, 1.807) is 0 Å². The van der Waals surface area contributed by atoms with Gasteiger partial charge in [0.1, 0.15) is 0 Å². The second-order valence-corrected chi connectivity index (χ2v) is 5.63. The quantitative estimate of drug-likeness (QED) is 0.770. The lowest BCUT2D eigenvalue weighted by Crippen LogP contribution is -2.42. The molecule has 1 aromatic rings. The number of amides is 1. The Morgan fingerprint density at radius 3 is 2.40 bits per heavy atom. The molecule has 1 amide bonds. The Labute approximate surface area is 127 Å². The minimum atomic E-state index is 0.186. The van der Waals surface area contributed by atoms with Gasteiger partial charge in [-0.15, -0.1) is 0 Å². The lowest BCUT2D eigenvalue weighted by molar-refractivity contribution is -0.132. The Balaban J connectivity index is 2.72. The molecule has 1 rings (SSSR count). The van der Waals surface area contributed by atoms with E-state index in [0.717, 1.165) is 30.2 Å². The maximum atomic E-state index is 12.2. The van der Waals surface area contributed by atoms with Gasteiger partial charge in [-0.25, -0.2) is 0 Å². The number of likely N-dealkylation sites (N-methyl/N-ethyl adjacent to an activating group) is 1. The van der Waals surface area contributed by atoms with Crippen molar-refractivity contribution in [3.8, 4) is 0 Å². The fourth-order valence-electron chi connectivity index (χ4n) is 2.14. The van der Waals surface area contributed by atoms with E-state index in [4.69, 9.17) is 11.6 Å². The van der Waals surface area contributed by atoms with Gasteiger partial charge in [-0.3, -0.25) is 9.69 Å². The first-order valence-corrected chi connectivity index (χ1v) is 7.62. The highest BCUT2D eigenvalue weighted by molar-refractivity contribution is 6.30. The maximum Gasteiger partial charge on any atom is 0.236 e. The van der Waals surface area contributed by atoms with Crippen LogP contribution >= 0.6 is 11.6 Å². The Kier molecular flexibility index (Phi) is 7.03. The standard InChI is InChI=1S/C16H25ClN2O/c1-5-18(6-2)16(20)12-19(13(3)4)11-14-8-7-9-15(17)10-14/h7-10,13H,5-6,11-12H2,1-4H3. The van der Waals surface area contributed by atoms with Gasteiger partial charge in [-0.2, -0.15) is 0 Å². The zero-order valence-electron chi connectivity index (χ0n) is 12.9. The minimum Gasteiger partial charge on any atom is -0.342 e. The summed E-state index contributed by atoms with van der Waals surface area (Å²) in [5, 5.41) is 0.737. The molecule has 0 saturated heterocycles. The maximum absolute atomic E-state index is 12.2. The highest BCUT2D eigenvalue weighted by Gasteiger charge is 2.17. The molecule has 0 unspecified atom stereocenters. The number of carbonyl (C=O) groups excluding carboxylic acids is 1. The summed E-state index contributed by atoms with van der Waals surface area (Å²) in [7, 11) is 0. The average molecular weight is 297 g/mol. The molecule has 0 atom stereocenters. The molecule has 0 saturated carbocycles. The molecule has 112 valence electrons. The largest absolute Gasteiger partial charge is 0.342 e. The summed E-state index contributed by atoms with van der Waals surface area (Å²) in [4.78, 5) is 16.3.